The number of hydrogen-bond acceptors (Lipinski definition) is 6. The van der Waals surface area contributed by atoms with Gasteiger partial charge in [-0.3, -0.25) is 0 Å². The molecule has 4 aliphatic carbocycles. The van der Waals surface area contributed by atoms with Crippen molar-refractivity contribution >= 4 is 23.5 Å². The molecular formula is C36H42N2O5S. The van der Waals surface area contributed by atoms with E-state index in [-0.39, 0.29) is 30.4 Å². The van der Waals surface area contributed by atoms with Crippen LogP contribution in [0.15, 0.2) is 77.7 Å². The van der Waals surface area contributed by atoms with Crippen LogP contribution in [0.2, 0.25) is 0 Å². The lowest BCUT2D eigenvalue weighted by atomic mass is 9.53. The van der Waals surface area contributed by atoms with Gasteiger partial charge in [-0.15, -0.1) is 11.8 Å². The molecular weight excluding hydrogens is 572 g/mol. The predicted octanol–water partition coefficient (Wildman–Crippen LogP) is 7.62. The van der Waals surface area contributed by atoms with Gasteiger partial charge >= 0.3 is 6.03 Å². The molecule has 8 rings (SSSR count). The van der Waals surface area contributed by atoms with Crippen LogP contribution in [-0.4, -0.2) is 35.6 Å². The summed E-state index contributed by atoms with van der Waals surface area (Å²) >= 11 is 1.71. The summed E-state index contributed by atoms with van der Waals surface area (Å²) in [6.07, 6.45) is 7.22. The molecule has 5 fully saturated rings. The number of carbonyl (C=O) groups is 1. The van der Waals surface area contributed by atoms with Crippen LogP contribution < -0.4 is 15.4 Å². The van der Waals surface area contributed by atoms with Gasteiger partial charge in [0.05, 0.1) is 25.9 Å². The van der Waals surface area contributed by atoms with Crippen molar-refractivity contribution in [1.82, 2.24) is 5.32 Å². The highest BCUT2D eigenvalue weighted by atomic mass is 32.2. The van der Waals surface area contributed by atoms with E-state index in [1.54, 1.807) is 18.9 Å². The van der Waals surface area contributed by atoms with Gasteiger partial charge in [-0.25, -0.2) is 4.79 Å². The number of thioether (sulfide) groups is 1. The number of rotatable bonds is 9. The maximum Gasteiger partial charge on any atom is 0.319 e. The number of anilines is 1. The Balaban J connectivity index is 1.06. The molecule has 4 bridgehead atoms. The largest absolute Gasteiger partial charge is 0.496 e. The van der Waals surface area contributed by atoms with Crippen LogP contribution in [-0.2, 0) is 16.1 Å². The molecule has 0 radical (unpaired) electrons. The number of nitrogens with one attached hydrogen (secondary N) is 2. The van der Waals surface area contributed by atoms with E-state index in [1.165, 1.54) is 19.3 Å². The molecule has 3 aromatic carbocycles. The molecule has 4 saturated carbocycles. The number of methoxy groups -OCH3 is 1. The second kappa shape index (κ2) is 12.8. The predicted molar refractivity (Wildman–Crippen MR) is 172 cm³/mol. The Morgan fingerprint density at radius 1 is 0.909 bits per heavy atom. The first-order valence-corrected chi connectivity index (χ1v) is 16.9. The molecule has 0 spiro atoms. The second-order valence-corrected chi connectivity index (χ2v) is 14.3. The summed E-state index contributed by atoms with van der Waals surface area (Å²) in [6, 6.07) is 23.7. The highest BCUT2D eigenvalue weighted by molar-refractivity contribution is 7.99. The van der Waals surface area contributed by atoms with Crippen molar-refractivity contribution in [3.05, 3.63) is 89.5 Å². The number of carbonyl (C=O) groups excluding carboxylic acids is 1. The standard InChI is InChI=1S/C36H42N2O5S/c1-41-31-7-2-3-8-33(31)44-22-30-17-32(27-11-9-23(21-39)10-12-27)43-34(42-30)28-5-4-6-29(16-28)37-35(40)38-36-18-24-13-25(19-36)15-26(14-24)20-36/h2-12,16,24-26,30,32,34,39H,13-15,17-22H2,1H3,(H2,37,38,40). The molecule has 1 heterocycles. The summed E-state index contributed by atoms with van der Waals surface area (Å²) in [5.74, 6) is 3.89. The third-order valence-electron chi connectivity index (χ3n) is 9.94. The van der Waals surface area contributed by atoms with Crippen LogP contribution in [0.4, 0.5) is 10.5 Å². The maximum atomic E-state index is 13.3. The van der Waals surface area contributed by atoms with Crippen molar-refractivity contribution in [2.45, 2.75) is 80.5 Å². The third-order valence-corrected chi connectivity index (χ3v) is 11.1. The smallest absolute Gasteiger partial charge is 0.319 e. The van der Waals surface area contributed by atoms with E-state index in [1.807, 2.05) is 66.7 Å². The van der Waals surface area contributed by atoms with Crippen LogP contribution >= 0.6 is 11.8 Å². The fraction of sp³-hybridized carbons (Fsp3) is 0.472. The highest BCUT2D eigenvalue weighted by Gasteiger charge is 2.51. The van der Waals surface area contributed by atoms with Crippen LogP contribution in [0.3, 0.4) is 0 Å². The van der Waals surface area contributed by atoms with Gasteiger partial charge in [0.25, 0.3) is 0 Å². The number of hydrogen-bond donors (Lipinski definition) is 3. The quantitative estimate of drug-likeness (QED) is 0.215. The van der Waals surface area contributed by atoms with Gasteiger partial charge in [-0.2, -0.15) is 0 Å². The van der Waals surface area contributed by atoms with E-state index in [0.717, 1.165) is 75.8 Å². The van der Waals surface area contributed by atoms with Crippen molar-refractivity contribution in [2.75, 3.05) is 18.2 Å². The molecule has 1 saturated heterocycles. The van der Waals surface area contributed by atoms with Gasteiger partial charge in [-0.1, -0.05) is 48.5 Å². The fourth-order valence-electron chi connectivity index (χ4n) is 8.37. The van der Waals surface area contributed by atoms with Gasteiger partial charge in [0.15, 0.2) is 6.29 Å². The summed E-state index contributed by atoms with van der Waals surface area (Å²) < 4.78 is 18.7. The van der Waals surface area contributed by atoms with Crippen LogP contribution in [0.1, 0.15) is 74.0 Å². The number of benzene rings is 3. The van der Waals surface area contributed by atoms with Crippen LogP contribution in [0, 0.1) is 17.8 Å². The zero-order chi connectivity index (χ0) is 30.1. The molecule has 44 heavy (non-hydrogen) atoms. The van der Waals surface area contributed by atoms with Gasteiger partial charge < -0.3 is 30.0 Å². The van der Waals surface area contributed by atoms with Gasteiger partial charge in [-0.05, 0) is 91.7 Å². The Morgan fingerprint density at radius 2 is 1.64 bits per heavy atom. The SMILES string of the molecule is COc1ccccc1SCC1CC(c2ccc(CO)cc2)OC(c2cccc(NC(=O)NC34CC5CC(CC(C5)C3)C4)c2)O1. The van der Waals surface area contributed by atoms with Crippen LogP contribution in [0.25, 0.3) is 0 Å². The van der Waals surface area contributed by atoms with E-state index in [4.69, 9.17) is 14.2 Å². The van der Waals surface area contributed by atoms with Crippen molar-refractivity contribution < 1.29 is 24.1 Å². The van der Waals surface area contributed by atoms with Gasteiger partial charge in [0.1, 0.15) is 5.75 Å². The minimum Gasteiger partial charge on any atom is -0.496 e. The summed E-state index contributed by atoms with van der Waals surface area (Å²) in [5, 5.41) is 16.1. The lowest BCUT2D eigenvalue weighted by Crippen LogP contribution is -2.60. The summed E-state index contributed by atoms with van der Waals surface area (Å²) in [6.45, 7) is 0.00590. The number of urea groups is 1. The van der Waals surface area contributed by atoms with Crippen molar-refractivity contribution in [2.24, 2.45) is 17.8 Å². The third kappa shape index (κ3) is 6.50. The second-order valence-electron chi connectivity index (χ2n) is 13.2. The monoisotopic (exact) mass is 614 g/mol. The van der Waals surface area contributed by atoms with E-state index < -0.39 is 6.29 Å². The number of ether oxygens (including phenoxy) is 3. The van der Waals surface area contributed by atoms with E-state index in [9.17, 15) is 9.90 Å². The van der Waals surface area contributed by atoms with Crippen molar-refractivity contribution in [1.29, 1.82) is 0 Å². The first-order chi connectivity index (χ1) is 21.5. The minimum atomic E-state index is -0.595. The molecule has 7 nitrogen and oxygen atoms in total. The lowest BCUT2D eigenvalue weighted by molar-refractivity contribution is -0.245. The van der Waals surface area contributed by atoms with Crippen LogP contribution in [0.5, 0.6) is 5.75 Å². The molecule has 3 aromatic rings. The fourth-order valence-corrected chi connectivity index (χ4v) is 9.42. The summed E-state index contributed by atoms with van der Waals surface area (Å²) in [4.78, 5) is 14.4. The average molecular weight is 615 g/mol. The normalized spacial score (nSPS) is 30.6. The topological polar surface area (TPSA) is 89.0 Å². The Labute approximate surface area is 264 Å². The van der Waals surface area contributed by atoms with E-state index in [0.29, 0.717) is 6.42 Å². The van der Waals surface area contributed by atoms with Crippen molar-refractivity contribution in [3.8, 4) is 5.75 Å². The van der Waals surface area contributed by atoms with E-state index >= 15 is 0 Å². The summed E-state index contributed by atoms with van der Waals surface area (Å²) in [7, 11) is 1.69. The minimum absolute atomic E-state index is 0.00590. The van der Waals surface area contributed by atoms with Crippen molar-refractivity contribution in [3.63, 3.8) is 0 Å². The molecule has 2 amide bonds. The number of para-hydroxylation sites is 1. The number of aliphatic hydroxyl groups excluding tert-OH is 1. The average Bonchev–Trinajstić information content (AvgIpc) is 3.03. The first kappa shape index (κ1) is 29.7. The summed E-state index contributed by atoms with van der Waals surface area (Å²) in [5.41, 5.74) is 3.46. The molecule has 8 heteroatoms. The Bertz CT molecular complexity index is 1430. The first-order valence-electron chi connectivity index (χ1n) is 15.9. The molecule has 0 aromatic heterocycles. The lowest BCUT2D eigenvalue weighted by Gasteiger charge is -2.56. The maximum absolute atomic E-state index is 13.3. The highest BCUT2D eigenvalue weighted by Crippen LogP contribution is 2.55. The molecule has 3 N–H and O–H groups in total. The Morgan fingerprint density at radius 3 is 2.34 bits per heavy atom. The number of amides is 2. The zero-order valence-corrected chi connectivity index (χ0v) is 26.1. The van der Waals surface area contributed by atoms with Gasteiger partial charge in [0.2, 0.25) is 0 Å². The number of aliphatic hydroxyl groups is 1. The molecule has 1 aliphatic heterocycles. The van der Waals surface area contributed by atoms with Gasteiger partial charge in [0, 0.05) is 33.9 Å². The molecule has 3 atom stereocenters. The molecule has 5 aliphatic rings. The molecule has 3 unspecified atom stereocenters. The molecule has 232 valence electrons. The Hall–Kier alpha value is -3.04. The van der Waals surface area contributed by atoms with E-state index in [2.05, 4.69) is 16.7 Å². The zero-order valence-electron chi connectivity index (χ0n) is 25.2. The Kier molecular flexibility index (Phi) is 8.60.